The van der Waals surface area contributed by atoms with Crippen LogP contribution >= 0.6 is 27.5 Å². The fourth-order valence-electron chi connectivity index (χ4n) is 3.76. The van der Waals surface area contributed by atoms with Gasteiger partial charge in [-0.2, -0.15) is 0 Å². The number of aryl methyl sites for hydroxylation is 1. The second-order valence-corrected chi connectivity index (χ2v) is 12.1. The molecule has 0 aromatic heterocycles. The van der Waals surface area contributed by atoms with Gasteiger partial charge in [0.05, 0.1) is 10.6 Å². The number of sulfonamides is 1. The van der Waals surface area contributed by atoms with Crippen LogP contribution in [0.4, 0.5) is 5.69 Å². The minimum absolute atomic E-state index is 0.0454. The molecule has 0 saturated carbocycles. The van der Waals surface area contributed by atoms with E-state index in [1.165, 1.54) is 23.1 Å². The van der Waals surface area contributed by atoms with Crippen LogP contribution in [-0.4, -0.2) is 44.3 Å². The normalized spacial score (nSPS) is 12.0. The first-order valence-corrected chi connectivity index (χ1v) is 14.8. The van der Waals surface area contributed by atoms with Crippen LogP contribution in [0, 0.1) is 6.92 Å². The quantitative estimate of drug-likeness (QED) is 0.305. The highest BCUT2D eigenvalue weighted by Gasteiger charge is 2.32. The molecule has 0 unspecified atom stereocenters. The summed E-state index contributed by atoms with van der Waals surface area (Å²) in [5.74, 6) is -0.837. The van der Waals surface area contributed by atoms with E-state index in [1.807, 2.05) is 38.1 Å². The van der Waals surface area contributed by atoms with Crippen molar-refractivity contribution in [3.8, 4) is 0 Å². The van der Waals surface area contributed by atoms with Gasteiger partial charge in [-0.1, -0.05) is 70.3 Å². The molecule has 3 aromatic carbocycles. The van der Waals surface area contributed by atoms with Gasteiger partial charge < -0.3 is 10.2 Å². The van der Waals surface area contributed by atoms with Crippen LogP contribution in [0.1, 0.15) is 31.4 Å². The number of amides is 2. The Morgan fingerprint density at radius 1 is 1.03 bits per heavy atom. The summed E-state index contributed by atoms with van der Waals surface area (Å²) in [5.41, 5.74) is 1.95. The summed E-state index contributed by atoms with van der Waals surface area (Å²) in [6, 6.07) is 19.3. The van der Waals surface area contributed by atoms with Gasteiger partial charge in [0.1, 0.15) is 12.6 Å². The number of benzene rings is 3. The molecule has 0 saturated heterocycles. The van der Waals surface area contributed by atoms with Gasteiger partial charge in [0.25, 0.3) is 10.0 Å². The van der Waals surface area contributed by atoms with Gasteiger partial charge in [-0.3, -0.25) is 13.9 Å². The van der Waals surface area contributed by atoms with Crippen LogP contribution in [0.2, 0.25) is 5.02 Å². The van der Waals surface area contributed by atoms with Crippen molar-refractivity contribution in [3.63, 3.8) is 0 Å². The van der Waals surface area contributed by atoms with Crippen molar-refractivity contribution < 1.29 is 18.0 Å². The minimum atomic E-state index is -4.13. The van der Waals surface area contributed by atoms with E-state index >= 15 is 0 Å². The molecule has 2 amide bonds. The van der Waals surface area contributed by atoms with Gasteiger partial charge in [-0.15, -0.1) is 0 Å². The van der Waals surface area contributed by atoms with Crippen molar-refractivity contribution in [3.05, 3.63) is 93.4 Å². The van der Waals surface area contributed by atoms with E-state index in [0.717, 1.165) is 26.3 Å². The lowest BCUT2D eigenvalue weighted by Gasteiger charge is -2.32. The van der Waals surface area contributed by atoms with Crippen molar-refractivity contribution in [2.75, 3.05) is 17.4 Å². The van der Waals surface area contributed by atoms with Gasteiger partial charge in [0.15, 0.2) is 0 Å². The van der Waals surface area contributed by atoms with Crippen molar-refractivity contribution >= 4 is 55.1 Å². The molecule has 0 fully saturated rings. The molecular weight excluding hydrogens is 590 g/mol. The molecule has 0 aliphatic carbocycles. The number of hydrogen-bond acceptors (Lipinski definition) is 4. The summed E-state index contributed by atoms with van der Waals surface area (Å²) in [6.45, 7) is 5.52. The molecule has 0 spiro atoms. The minimum Gasteiger partial charge on any atom is -0.354 e. The average molecular weight is 621 g/mol. The molecule has 0 aliphatic heterocycles. The Bertz CT molecular complexity index is 1370. The molecule has 3 rings (SSSR count). The predicted octanol–water partition coefficient (Wildman–Crippen LogP) is 5.55. The maximum atomic E-state index is 13.8. The van der Waals surface area contributed by atoms with E-state index in [2.05, 4.69) is 21.2 Å². The Labute approximate surface area is 238 Å². The summed E-state index contributed by atoms with van der Waals surface area (Å²) >= 11 is 9.60. The first-order valence-electron chi connectivity index (χ1n) is 12.2. The Balaban J connectivity index is 2.01. The van der Waals surface area contributed by atoms with Crippen molar-refractivity contribution in [2.24, 2.45) is 0 Å². The van der Waals surface area contributed by atoms with E-state index in [9.17, 15) is 18.0 Å². The highest BCUT2D eigenvalue weighted by molar-refractivity contribution is 9.10. The second-order valence-electron chi connectivity index (χ2n) is 8.92. The number of rotatable bonds is 11. The molecule has 10 heteroatoms. The molecule has 7 nitrogen and oxygen atoms in total. The third-order valence-electron chi connectivity index (χ3n) is 5.97. The molecule has 0 aliphatic rings. The highest BCUT2D eigenvalue weighted by atomic mass is 79.9. The molecule has 38 heavy (non-hydrogen) atoms. The first kappa shape index (κ1) is 29.7. The number of halogens is 2. The maximum Gasteiger partial charge on any atom is 0.264 e. The van der Waals surface area contributed by atoms with Gasteiger partial charge in [-0.05, 0) is 68.3 Å². The Morgan fingerprint density at radius 3 is 2.29 bits per heavy atom. The molecule has 0 heterocycles. The number of nitrogens with one attached hydrogen (secondary N) is 1. The highest BCUT2D eigenvalue weighted by Crippen LogP contribution is 2.27. The fourth-order valence-corrected chi connectivity index (χ4v) is 5.62. The maximum absolute atomic E-state index is 13.8. The number of carbonyl (C=O) groups is 2. The van der Waals surface area contributed by atoms with E-state index in [4.69, 9.17) is 11.6 Å². The number of carbonyl (C=O) groups excluding carboxylic acids is 2. The van der Waals surface area contributed by atoms with E-state index < -0.39 is 28.5 Å². The van der Waals surface area contributed by atoms with Crippen LogP contribution in [0.15, 0.2) is 82.2 Å². The summed E-state index contributed by atoms with van der Waals surface area (Å²) in [4.78, 5) is 28.2. The SMILES string of the molecule is CCCNC(=O)[C@@H](C)N(Cc1ccc(Br)cc1)C(=O)CN(c1cccc(Cl)c1)S(=O)(=O)c1ccc(C)cc1. The number of hydrogen-bond donors (Lipinski definition) is 1. The molecule has 202 valence electrons. The average Bonchev–Trinajstić information content (AvgIpc) is 2.89. The number of anilines is 1. The third-order valence-corrected chi connectivity index (χ3v) is 8.52. The van der Waals surface area contributed by atoms with Crippen molar-refractivity contribution in [2.45, 2.75) is 44.7 Å². The van der Waals surface area contributed by atoms with Crippen LogP contribution in [0.5, 0.6) is 0 Å². The predicted molar refractivity (Wildman–Crippen MR) is 155 cm³/mol. The standard InChI is InChI=1S/C28H31BrClN3O4S/c1-4-16-31-28(35)21(3)32(18-22-10-12-23(29)13-11-22)27(34)19-33(25-7-5-6-24(30)17-25)38(36,37)26-14-8-20(2)9-15-26/h5-15,17,21H,4,16,18-19H2,1-3H3,(H,31,35)/t21-/m1/s1. The first-order chi connectivity index (χ1) is 18.0. The monoisotopic (exact) mass is 619 g/mol. The molecule has 3 aromatic rings. The smallest absolute Gasteiger partial charge is 0.264 e. The Kier molecular flexibility index (Phi) is 10.4. The van der Waals surface area contributed by atoms with Crippen molar-refractivity contribution in [1.29, 1.82) is 0 Å². The van der Waals surface area contributed by atoms with Crippen molar-refractivity contribution in [1.82, 2.24) is 10.2 Å². The molecular formula is C28H31BrClN3O4S. The van der Waals surface area contributed by atoms with E-state index in [0.29, 0.717) is 11.6 Å². The lowest BCUT2D eigenvalue weighted by atomic mass is 10.1. The Morgan fingerprint density at radius 2 is 1.68 bits per heavy atom. The summed E-state index contributed by atoms with van der Waals surface area (Å²) in [5, 5.41) is 3.16. The lowest BCUT2D eigenvalue weighted by Crippen LogP contribution is -2.51. The van der Waals surface area contributed by atoms with Gasteiger partial charge in [0, 0.05) is 22.6 Å². The van der Waals surface area contributed by atoms with E-state index in [-0.39, 0.29) is 23.0 Å². The zero-order valence-corrected chi connectivity index (χ0v) is 24.7. The Hall–Kier alpha value is -2.88. The zero-order valence-electron chi connectivity index (χ0n) is 21.5. The van der Waals surface area contributed by atoms with Gasteiger partial charge >= 0.3 is 0 Å². The molecule has 1 N–H and O–H groups in total. The largest absolute Gasteiger partial charge is 0.354 e. The molecule has 0 radical (unpaired) electrons. The topological polar surface area (TPSA) is 86.8 Å². The molecule has 0 bridgehead atoms. The molecule has 1 atom stereocenters. The van der Waals surface area contributed by atoms with E-state index in [1.54, 1.807) is 37.3 Å². The van der Waals surface area contributed by atoms with Gasteiger partial charge in [-0.25, -0.2) is 8.42 Å². The fraction of sp³-hybridized carbons (Fsp3) is 0.286. The van der Waals surface area contributed by atoms with Gasteiger partial charge in [0.2, 0.25) is 11.8 Å². The second kappa shape index (κ2) is 13.3. The third kappa shape index (κ3) is 7.58. The summed E-state index contributed by atoms with van der Waals surface area (Å²) < 4.78 is 29.5. The zero-order chi connectivity index (χ0) is 27.9. The summed E-state index contributed by atoms with van der Waals surface area (Å²) in [6.07, 6.45) is 0.746. The van der Waals surface area contributed by atoms with Crippen LogP contribution in [0.3, 0.4) is 0 Å². The number of nitrogens with zero attached hydrogens (tertiary/aromatic N) is 2. The lowest BCUT2D eigenvalue weighted by molar-refractivity contribution is -0.139. The van der Waals surface area contributed by atoms with Crippen LogP contribution in [-0.2, 0) is 26.2 Å². The van der Waals surface area contributed by atoms with Crippen LogP contribution in [0.25, 0.3) is 0 Å². The summed E-state index contributed by atoms with van der Waals surface area (Å²) in [7, 11) is -4.13. The van der Waals surface area contributed by atoms with Crippen LogP contribution < -0.4 is 9.62 Å².